The fourth-order valence-electron chi connectivity index (χ4n) is 3.41. The quantitative estimate of drug-likeness (QED) is 0.412. The summed E-state index contributed by atoms with van der Waals surface area (Å²) in [5, 5.41) is 10.5. The van der Waals surface area contributed by atoms with Crippen LogP contribution in [0.15, 0.2) is 47.3 Å². The second-order valence-corrected chi connectivity index (χ2v) is 7.63. The van der Waals surface area contributed by atoms with Gasteiger partial charge in [-0.2, -0.15) is 10.1 Å². The lowest BCUT2D eigenvalue weighted by Gasteiger charge is -2.09. The van der Waals surface area contributed by atoms with Gasteiger partial charge in [-0.3, -0.25) is 9.59 Å². The number of amides is 1. The molecule has 0 bridgehead atoms. The molecular weight excluding hydrogens is 410 g/mol. The largest absolute Gasteiger partial charge is 0.497 e. The topological polar surface area (TPSA) is 111 Å². The minimum atomic E-state index is -0.381. The molecule has 1 amide bonds. The van der Waals surface area contributed by atoms with Crippen molar-refractivity contribution in [3.63, 3.8) is 0 Å². The van der Waals surface area contributed by atoms with E-state index in [0.29, 0.717) is 41.0 Å². The number of rotatable bonds is 8. The van der Waals surface area contributed by atoms with Gasteiger partial charge in [0.05, 0.1) is 24.1 Å². The maximum absolute atomic E-state index is 12.7. The number of carbonyl (C=O) groups is 1. The van der Waals surface area contributed by atoms with E-state index < -0.39 is 0 Å². The van der Waals surface area contributed by atoms with Gasteiger partial charge in [-0.1, -0.05) is 0 Å². The first-order valence-corrected chi connectivity index (χ1v) is 10.4. The van der Waals surface area contributed by atoms with Crippen molar-refractivity contribution >= 4 is 22.5 Å². The molecule has 0 atom stereocenters. The average molecular weight is 435 g/mol. The first kappa shape index (κ1) is 21.5. The zero-order valence-electron chi connectivity index (χ0n) is 18.2. The fraction of sp³-hybridized carbons (Fsp3) is 0.304. The Morgan fingerprint density at radius 2 is 1.97 bits per heavy atom. The van der Waals surface area contributed by atoms with Crippen LogP contribution in [-0.2, 0) is 4.74 Å². The third kappa shape index (κ3) is 4.33. The lowest BCUT2D eigenvalue weighted by Crippen LogP contribution is -2.25. The minimum Gasteiger partial charge on any atom is -0.497 e. The Labute approximate surface area is 184 Å². The molecule has 0 aliphatic carbocycles. The van der Waals surface area contributed by atoms with Gasteiger partial charge in [-0.05, 0) is 62.7 Å². The van der Waals surface area contributed by atoms with E-state index in [9.17, 15) is 9.59 Å². The summed E-state index contributed by atoms with van der Waals surface area (Å²) in [7, 11) is 1.60. The molecule has 0 saturated heterocycles. The van der Waals surface area contributed by atoms with Crippen LogP contribution in [0.3, 0.4) is 0 Å². The summed E-state index contributed by atoms with van der Waals surface area (Å²) in [6.07, 6.45) is 0.884. The van der Waals surface area contributed by atoms with Crippen molar-refractivity contribution < 1.29 is 14.3 Å². The Bertz CT molecular complexity index is 1310. The van der Waals surface area contributed by atoms with Crippen LogP contribution in [-0.4, -0.2) is 52.1 Å². The van der Waals surface area contributed by atoms with Crippen LogP contribution in [0.1, 0.15) is 30.6 Å². The van der Waals surface area contributed by atoms with Crippen molar-refractivity contribution in [3.8, 4) is 17.0 Å². The highest BCUT2D eigenvalue weighted by molar-refractivity contribution is 5.98. The van der Waals surface area contributed by atoms with Crippen LogP contribution >= 0.6 is 0 Å². The molecule has 2 N–H and O–H groups in total. The van der Waals surface area contributed by atoms with E-state index in [1.165, 1.54) is 0 Å². The summed E-state index contributed by atoms with van der Waals surface area (Å²) in [4.78, 5) is 29.5. The Balaban J connectivity index is 1.64. The van der Waals surface area contributed by atoms with Crippen molar-refractivity contribution in [2.24, 2.45) is 0 Å². The number of methoxy groups -OCH3 is 1. The molecule has 0 aliphatic heterocycles. The van der Waals surface area contributed by atoms with Crippen molar-refractivity contribution in [2.75, 3.05) is 20.3 Å². The van der Waals surface area contributed by atoms with Gasteiger partial charge in [0.2, 0.25) is 0 Å². The highest BCUT2D eigenvalue weighted by Crippen LogP contribution is 2.24. The summed E-state index contributed by atoms with van der Waals surface area (Å²) in [6.45, 7) is 5.03. The lowest BCUT2D eigenvalue weighted by atomic mass is 10.1. The SMILES string of the molecule is COc1ccc(-c2n[nH]n3c2nc(=O)c2ccc(C(=O)NCCCOC(C)C)cc23)cc1. The first-order chi connectivity index (χ1) is 15.5. The molecule has 0 aliphatic rings. The number of H-pyrrole nitrogens is 1. The van der Waals surface area contributed by atoms with Crippen LogP contribution in [0, 0.1) is 0 Å². The number of ether oxygens (including phenoxy) is 2. The highest BCUT2D eigenvalue weighted by Gasteiger charge is 2.16. The Kier molecular flexibility index (Phi) is 6.18. The van der Waals surface area contributed by atoms with Crippen molar-refractivity contribution in [2.45, 2.75) is 26.4 Å². The predicted molar refractivity (Wildman–Crippen MR) is 121 cm³/mol. The molecule has 0 unspecified atom stereocenters. The van der Waals surface area contributed by atoms with E-state index in [2.05, 4.69) is 20.6 Å². The number of hydrogen-bond acceptors (Lipinski definition) is 6. The van der Waals surface area contributed by atoms with Crippen LogP contribution in [0.2, 0.25) is 0 Å². The summed E-state index contributed by atoms with van der Waals surface area (Å²) < 4.78 is 12.3. The van der Waals surface area contributed by atoms with Gasteiger partial charge in [-0.25, -0.2) is 9.73 Å². The van der Waals surface area contributed by atoms with E-state index in [1.807, 2.05) is 38.1 Å². The smallest absolute Gasteiger partial charge is 0.281 e. The molecule has 2 heterocycles. The lowest BCUT2D eigenvalue weighted by molar-refractivity contribution is 0.0757. The Hall–Kier alpha value is -3.72. The molecule has 4 rings (SSSR count). The first-order valence-electron chi connectivity index (χ1n) is 10.4. The second-order valence-electron chi connectivity index (χ2n) is 7.63. The fourth-order valence-corrected chi connectivity index (χ4v) is 3.41. The van der Waals surface area contributed by atoms with Gasteiger partial charge in [0.25, 0.3) is 11.5 Å². The molecule has 9 nitrogen and oxygen atoms in total. The van der Waals surface area contributed by atoms with E-state index in [-0.39, 0.29) is 17.6 Å². The molecular formula is C23H25N5O4. The normalized spacial score (nSPS) is 11.4. The van der Waals surface area contributed by atoms with Gasteiger partial charge in [-0.15, -0.1) is 0 Å². The van der Waals surface area contributed by atoms with Crippen molar-refractivity contribution in [3.05, 3.63) is 58.4 Å². The monoisotopic (exact) mass is 435 g/mol. The molecule has 0 radical (unpaired) electrons. The Morgan fingerprint density at radius 3 is 2.69 bits per heavy atom. The highest BCUT2D eigenvalue weighted by atomic mass is 16.5. The van der Waals surface area contributed by atoms with Gasteiger partial charge in [0, 0.05) is 24.3 Å². The molecule has 166 valence electrons. The molecule has 0 fully saturated rings. The van der Waals surface area contributed by atoms with Gasteiger partial charge in [0.1, 0.15) is 11.4 Å². The maximum Gasteiger partial charge on any atom is 0.281 e. The standard InChI is InChI=1S/C23H25N5O4/c1-14(2)32-12-4-11-24-22(29)16-7-10-18-19(13-16)28-21(25-23(18)30)20(26-27-28)15-5-8-17(31-3)9-6-15/h5-10,13-14,27H,4,11-12H2,1-3H3,(H,24,29). The Morgan fingerprint density at radius 1 is 1.19 bits per heavy atom. The zero-order valence-corrected chi connectivity index (χ0v) is 18.2. The number of aromatic amines is 1. The summed E-state index contributed by atoms with van der Waals surface area (Å²) in [6, 6.07) is 12.2. The molecule has 2 aromatic carbocycles. The number of carbonyl (C=O) groups excluding carboxylic acids is 1. The molecule has 32 heavy (non-hydrogen) atoms. The van der Waals surface area contributed by atoms with Gasteiger partial charge in [0.15, 0.2) is 5.65 Å². The van der Waals surface area contributed by atoms with Crippen molar-refractivity contribution in [1.82, 2.24) is 25.1 Å². The van der Waals surface area contributed by atoms with E-state index >= 15 is 0 Å². The van der Waals surface area contributed by atoms with Crippen LogP contribution < -0.4 is 15.6 Å². The number of fused-ring (bicyclic) bond motifs is 3. The minimum absolute atomic E-state index is 0.165. The summed E-state index contributed by atoms with van der Waals surface area (Å²) in [5.41, 5.74) is 2.30. The molecule has 9 heteroatoms. The van der Waals surface area contributed by atoms with Gasteiger partial charge >= 0.3 is 0 Å². The molecule has 0 spiro atoms. The second kappa shape index (κ2) is 9.19. The molecule has 0 saturated carbocycles. The van der Waals surface area contributed by atoms with E-state index in [1.54, 1.807) is 29.8 Å². The summed E-state index contributed by atoms with van der Waals surface area (Å²) >= 11 is 0. The third-order valence-electron chi connectivity index (χ3n) is 5.05. The number of benzene rings is 2. The van der Waals surface area contributed by atoms with Crippen LogP contribution in [0.25, 0.3) is 27.8 Å². The van der Waals surface area contributed by atoms with E-state index in [4.69, 9.17) is 9.47 Å². The predicted octanol–water partition coefficient (Wildman–Crippen LogP) is 2.79. The van der Waals surface area contributed by atoms with Crippen molar-refractivity contribution in [1.29, 1.82) is 0 Å². The van der Waals surface area contributed by atoms with Gasteiger partial charge < -0.3 is 14.8 Å². The average Bonchev–Trinajstić information content (AvgIpc) is 3.22. The van der Waals surface area contributed by atoms with E-state index in [0.717, 1.165) is 17.7 Å². The van der Waals surface area contributed by atoms with Crippen LogP contribution in [0.4, 0.5) is 0 Å². The number of hydrogen-bond donors (Lipinski definition) is 2. The molecule has 4 aromatic rings. The maximum atomic E-state index is 12.7. The third-order valence-corrected chi connectivity index (χ3v) is 5.05. The van der Waals surface area contributed by atoms with Crippen LogP contribution in [0.5, 0.6) is 5.75 Å². The molecule has 2 aromatic heterocycles. The number of nitrogens with one attached hydrogen (secondary N) is 2. The number of nitrogens with zero attached hydrogens (tertiary/aromatic N) is 3. The number of aromatic nitrogens is 4. The summed E-state index contributed by atoms with van der Waals surface area (Å²) in [5.74, 6) is 0.500. The zero-order chi connectivity index (χ0) is 22.7.